The summed E-state index contributed by atoms with van der Waals surface area (Å²) in [5.41, 5.74) is 0.733. The zero-order valence-electron chi connectivity index (χ0n) is 13.1. The first-order chi connectivity index (χ1) is 11.2. The fraction of sp³-hybridized carbons (Fsp3) is 0.588. The summed E-state index contributed by atoms with van der Waals surface area (Å²) >= 11 is 1.71. The first-order valence-electron chi connectivity index (χ1n) is 8.13. The molecule has 1 amide bonds. The Morgan fingerprint density at radius 3 is 2.78 bits per heavy atom. The van der Waals surface area contributed by atoms with Gasteiger partial charge in [0.2, 0.25) is 0 Å². The second kappa shape index (κ2) is 8.02. The molecule has 23 heavy (non-hydrogen) atoms. The van der Waals surface area contributed by atoms with E-state index in [-0.39, 0.29) is 23.3 Å². The topological polar surface area (TPSA) is 38.8 Å². The summed E-state index contributed by atoms with van der Waals surface area (Å²) in [5.74, 6) is 0.630. The molecule has 0 bridgehead atoms. The van der Waals surface area contributed by atoms with Crippen molar-refractivity contribution in [1.29, 1.82) is 0 Å². The van der Waals surface area contributed by atoms with E-state index in [1.807, 2.05) is 12.1 Å². The minimum absolute atomic E-state index is 0.0329. The summed E-state index contributed by atoms with van der Waals surface area (Å²) < 4.78 is 24.8. The summed E-state index contributed by atoms with van der Waals surface area (Å²) in [6, 6.07) is 6.90. The van der Waals surface area contributed by atoms with Crippen LogP contribution >= 0.6 is 11.8 Å². The largest absolute Gasteiger partial charge is 0.446 e. The van der Waals surface area contributed by atoms with Gasteiger partial charge in [0.15, 0.2) is 0 Å². The highest BCUT2D eigenvalue weighted by Crippen LogP contribution is 2.35. The molecule has 1 atom stereocenters. The fourth-order valence-corrected chi connectivity index (χ4v) is 4.20. The van der Waals surface area contributed by atoms with Crippen LogP contribution in [-0.4, -0.2) is 49.2 Å². The first-order valence-corrected chi connectivity index (χ1v) is 9.18. The Bertz CT molecular complexity index is 536. The van der Waals surface area contributed by atoms with Gasteiger partial charge in [-0.05, 0) is 12.5 Å². The zero-order chi connectivity index (χ0) is 16.1. The van der Waals surface area contributed by atoms with Crippen LogP contribution in [0.4, 0.5) is 9.18 Å². The van der Waals surface area contributed by atoms with Gasteiger partial charge in [0, 0.05) is 42.5 Å². The molecule has 0 aliphatic carbocycles. The highest BCUT2D eigenvalue weighted by molar-refractivity contribution is 7.99. The van der Waals surface area contributed by atoms with Crippen LogP contribution in [0.2, 0.25) is 0 Å². The lowest BCUT2D eigenvalue weighted by atomic mass is 10.1. The predicted octanol–water partition coefficient (Wildman–Crippen LogP) is 3.62. The van der Waals surface area contributed by atoms with Gasteiger partial charge < -0.3 is 14.4 Å². The Labute approximate surface area is 140 Å². The number of ether oxygens (including phenoxy) is 2. The van der Waals surface area contributed by atoms with E-state index in [1.54, 1.807) is 22.7 Å². The van der Waals surface area contributed by atoms with E-state index in [0.29, 0.717) is 26.3 Å². The van der Waals surface area contributed by atoms with Crippen molar-refractivity contribution in [2.75, 3.05) is 32.1 Å². The van der Waals surface area contributed by atoms with Crippen molar-refractivity contribution in [3.8, 4) is 0 Å². The summed E-state index contributed by atoms with van der Waals surface area (Å²) in [5, 5.41) is 0.0945. The van der Waals surface area contributed by atoms with Gasteiger partial charge in [-0.1, -0.05) is 18.2 Å². The molecule has 126 valence electrons. The molecule has 1 aromatic rings. The molecule has 3 rings (SSSR count). The van der Waals surface area contributed by atoms with Crippen molar-refractivity contribution in [3.63, 3.8) is 0 Å². The van der Waals surface area contributed by atoms with Crippen molar-refractivity contribution >= 4 is 17.9 Å². The van der Waals surface area contributed by atoms with Crippen molar-refractivity contribution in [1.82, 2.24) is 4.90 Å². The molecule has 6 heteroatoms. The maximum atomic E-state index is 13.9. The lowest BCUT2D eigenvalue weighted by molar-refractivity contribution is -0.00962. The Morgan fingerprint density at radius 1 is 1.22 bits per heavy atom. The smallest absolute Gasteiger partial charge is 0.410 e. The van der Waals surface area contributed by atoms with Crippen LogP contribution in [0.3, 0.4) is 0 Å². The molecule has 2 heterocycles. The first kappa shape index (κ1) is 16.6. The molecule has 0 spiro atoms. The van der Waals surface area contributed by atoms with Crippen LogP contribution in [0.15, 0.2) is 24.3 Å². The summed E-state index contributed by atoms with van der Waals surface area (Å²) in [4.78, 5) is 14.1. The van der Waals surface area contributed by atoms with Gasteiger partial charge in [-0.15, -0.1) is 0 Å². The van der Waals surface area contributed by atoms with E-state index < -0.39 is 0 Å². The van der Waals surface area contributed by atoms with Crippen LogP contribution in [0, 0.1) is 5.82 Å². The number of nitrogens with zero attached hydrogens (tertiary/aromatic N) is 1. The highest BCUT2D eigenvalue weighted by Gasteiger charge is 2.26. The number of amides is 1. The van der Waals surface area contributed by atoms with E-state index in [1.165, 1.54) is 6.07 Å². The number of thioether (sulfide) groups is 1. The Hall–Kier alpha value is -1.27. The number of benzene rings is 1. The van der Waals surface area contributed by atoms with Gasteiger partial charge in [-0.25, -0.2) is 9.18 Å². The SMILES string of the molecule is O=C(OC1CCOCC1)N1CCS[C@H](c2ccccc2F)CC1. The van der Waals surface area contributed by atoms with E-state index >= 15 is 0 Å². The minimum Gasteiger partial charge on any atom is -0.446 e. The average molecular weight is 339 g/mol. The maximum Gasteiger partial charge on any atom is 0.410 e. The molecular weight excluding hydrogens is 317 g/mol. The van der Waals surface area contributed by atoms with Crippen molar-refractivity contribution < 1.29 is 18.7 Å². The second-order valence-corrected chi connectivity index (χ2v) is 7.16. The van der Waals surface area contributed by atoms with E-state index in [0.717, 1.165) is 30.6 Å². The van der Waals surface area contributed by atoms with Gasteiger partial charge in [-0.3, -0.25) is 0 Å². The molecule has 4 nitrogen and oxygen atoms in total. The summed E-state index contributed by atoms with van der Waals surface area (Å²) in [6.45, 7) is 2.57. The van der Waals surface area contributed by atoms with Crippen LogP contribution in [-0.2, 0) is 9.47 Å². The quantitative estimate of drug-likeness (QED) is 0.825. The number of carbonyl (C=O) groups excluding carboxylic acids is 1. The lowest BCUT2D eigenvalue weighted by Crippen LogP contribution is -2.37. The molecule has 1 aromatic carbocycles. The lowest BCUT2D eigenvalue weighted by Gasteiger charge is -2.26. The third kappa shape index (κ3) is 4.38. The van der Waals surface area contributed by atoms with Gasteiger partial charge in [-0.2, -0.15) is 11.8 Å². The molecule has 2 fully saturated rings. The van der Waals surface area contributed by atoms with Crippen molar-refractivity contribution in [2.45, 2.75) is 30.6 Å². The number of hydrogen-bond acceptors (Lipinski definition) is 4. The Kier molecular flexibility index (Phi) is 5.78. The summed E-state index contributed by atoms with van der Waals surface area (Å²) in [7, 11) is 0. The molecule has 0 radical (unpaired) electrons. The molecule has 0 saturated carbocycles. The van der Waals surface area contributed by atoms with Crippen LogP contribution in [0.1, 0.15) is 30.1 Å². The van der Waals surface area contributed by atoms with E-state index in [2.05, 4.69) is 0 Å². The molecule has 2 aliphatic rings. The molecule has 2 saturated heterocycles. The van der Waals surface area contributed by atoms with Crippen LogP contribution in [0.25, 0.3) is 0 Å². The van der Waals surface area contributed by atoms with Gasteiger partial charge in [0.25, 0.3) is 0 Å². The second-order valence-electron chi connectivity index (χ2n) is 5.85. The standard InChI is InChI=1S/C17H22FNO3S/c18-15-4-2-1-3-14(15)16-5-8-19(9-12-23-16)17(20)22-13-6-10-21-11-7-13/h1-4,13,16H,5-12H2/t16-/m0/s1. The highest BCUT2D eigenvalue weighted by atomic mass is 32.2. The van der Waals surface area contributed by atoms with E-state index in [9.17, 15) is 9.18 Å². The summed E-state index contributed by atoms with van der Waals surface area (Å²) in [6.07, 6.45) is 2.01. The number of halogens is 1. The molecule has 2 aliphatic heterocycles. The van der Waals surface area contributed by atoms with Crippen molar-refractivity contribution in [2.24, 2.45) is 0 Å². The number of hydrogen-bond donors (Lipinski definition) is 0. The van der Waals surface area contributed by atoms with Crippen LogP contribution < -0.4 is 0 Å². The molecule has 0 aromatic heterocycles. The number of rotatable bonds is 2. The monoisotopic (exact) mass is 339 g/mol. The normalized spacial score (nSPS) is 23.3. The predicted molar refractivity (Wildman–Crippen MR) is 88.1 cm³/mol. The third-order valence-electron chi connectivity index (χ3n) is 4.29. The van der Waals surface area contributed by atoms with E-state index in [4.69, 9.17) is 9.47 Å². The van der Waals surface area contributed by atoms with Gasteiger partial charge >= 0.3 is 6.09 Å². The Balaban J connectivity index is 1.55. The molecule has 0 N–H and O–H groups in total. The number of carbonyl (C=O) groups is 1. The maximum absolute atomic E-state index is 13.9. The fourth-order valence-electron chi connectivity index (χ4n) is 2.95. The average Bonchev–Trinajstić information content (AvgIpc) is 2.82. The van der Waals surface area contributed by atoms with Gasteiger partial charge in [0.1, 0.15) is 11.9 Å². The minimum atomic E-state index is -0.244. The van der Waals surface area contributed by atoms with Crippen molar-refractivity contribution in [3.05, 3.63) is 35.6 Å². The molecule has 0 unspecified atom stereocenters. The third-order valence-corrected chi connectivity index (χ3v) is 5.60. The van der Waals surface area contributed by atoms with Gasteiger partial charge in [0.05, 0.1) is 13.2 Å². The zero-order valence-corrected chi connectivity index (χ0v) is 13.9. The molecular formula is C17H22FNO3S. The van der Waals surface area contributed by atoms with Crippen LogP contribution in [0.5, 0.6) is 0 Å². The Morgan fingerprint density at radius 2 is 2.00 bits per heavy atom.